The number of ether oxygens (including phenoxy) is 1. The van der Waals surface area contributed by atoms with Crippen molar-refractivity contribution in [2.45, 2.75) is 24.5 Å². The molecule has 5 heteroatoms. The average Bonchev–Trinajstić information content (AvgIpc) is 2.63. The minimum absolute atomic E-state index is 0.130. The molecule has 0 radical (unpaired) electrons. The maximum atomic E-state index is 11.8. The number of hydrogen-bond donors (Lipinski definition) is 1. The molecule has 4 nitrogen and oxygen atoms in total. The van der Waals surface area contributed by atoms with Gasteiger partial charge >= 0.3 is 0 Å². The Balaban J connectivity index is 2.61. The Hall–Kier alpha value is -0.130. The normalized spacial score (nSPS) is 28.1. The highest BCUT2D eigenvalue weighted by atomic mass is 32.2. The third-order valence-electron chi connectivity index (χ3n) is 2.93. The molecule has 14 heavy (non-hydrogen) atoms. The van der Waals surface area contributed by atoms with E-state index in [1.54, 1.807) is 0 Å². The Morgan fingerprint density at radius 1 is 1.43 bits per heavy atom. The van der Waals surface area contributed by atoms with Gasteiger partial charge in [-0.25, -0.2) is 8.42 Å². The van der Waals surface area contributed by atoms with E-state index in [0.29, 0.717) is 6.54 Å². The molecule has 0 aromatic heterocycles. The van der Waals surface area contributed by atoms with Crippen LogP contribution in [0.1, 0.15) is 19.3 Å². The number of methoxy groups -OCH3 is 1. The molecule has 0 aliphatic heterocycles. The predicted molar refractivity (Wildman–Crippen MR) is 55.8 cm³/mol. The van der Waals surface area contributed by atoms with Crippen molar-refractivity contribution < 1.29 is 13.2 Å². The second-order valence-electron chi connectivity index (χ2n) is 3.82. The van der Waals surface area contributed by atoms with Crippen LogP contribution in [0.2, 0.25) is 0 Å². The topological polar surface area (TPSA) is 69.4 Å². The van der Waals surface area contributed by atoms with Crippen LogP contribution in [-0.4, -0.2) is 39.7 Å². The molecular weight excluding hydrogens is 202 g/mol. The van der Waals surface area contributed by atoms with Crippen molar-refractivity contribution >= 4 is 9.84 Å². The van der Waals surface area contributed by atoms with E-state index in [0.717, 1.165) is 19.3 Å². The molecule has 0 heterocycles. The number of rotatable bonds is 5. The summed E-state index contributed by atoms with van der Waals surface area (Å²) < 4.78 is 28.4. The first-order chi connectivity index (χ1) is 6.61. The van der Waals surface area contributed by atoms with Gasteiger partial charge in [0.15, 0.2) is 9.84 Å². The average molecular weight is 221 g/mol. The fraction of sp³-hybridized carbons (Fsp3) is 1.00. The summed E-state index contributed by atoms with van der Waals surface area (Å²) in [6.45, 7) is 0.771. The molecule has 0 amide bonds. The quantitative estimate of drug-likeness (QED) is 0.718. The third-order valence-corrected chi connectivity index (χ3v) is 5.20. The van der Waals surface area contributed by atoms with E-state index in [1.165, 1.54) is 7.11 Å². The van der Waals surface area contributed by atoms with Crippen molar-refractivity contribution in [3.05, 3.63) is 0 Å². The summed E-state index contributed by atoms with van der Waals surface area (Å²) in [7, 11) is -1.47. The highest BCUT2D eigenvalue weighted by Gasteiger charge is 2.35. The smallest absolute Gasteiger partial charge is 0.155 e. The zero-order valence-corrected chi connectivity index (χ0v) is 9.42. The van der Waals surface area contributed by atoms with E-state index in [9.17, 15) is 8.42 Å². The summed E-state index contributed by atoms with van der Waals surface area (Å²) in [6, 6.07) is 0. The monoisotopic (exact) mass is 221 g/mol. The Kier molecular flexibility index (Phi) is 4.34. The van der Waals surface area contributed by atoms with E-state index in [-0.39, 0.29) is 23.5 Å². The van der Waals surface area contributed by atoms with Crippen LogP contribution in [0.3, 0.4) is 0 Å². The van der Waals surface area contributed by atoms with Gasteiger partial charge in [-0.3, -0.25) is 0 Å². The first-order valence-corrected chi connectivity index (χ1v) is 6.74. The molecule has 1 aliphatic carbocycles. The van der Waals surface area contributed by atoms with E-state index in [1.807, 2.05) is 0 Å². The summed E-state index contributed by atoms with van der Waals surface area (Å²) in [4.78, 5) is 0. The van der Waals surface area contributed by atoms with Crippen LogP contribution in [-0.2, 0) is 14.6 Å². The molecule has 0 spiro atoms. The van der Waals surface area contributed by atoms with Crippen molar-refractivity contribution in [3.8, 4) is 0 Å². The fourth-order valence-electron chi connectivity index (χ4n) is 2.10. The van der Waals surface area contributed by atoms with E-state index < -0.39 is 9.84 Å². The van der Waals surface area contributed by atoms with Crippen LogP contribution >= 0.6 is 0 Å². The molecule has 0 bridgehead atoms. The van der Waals surface area contributed by atoms with Crippen LogP contribution in [0, 0.1) is 5.92 Å². The first kappa shape index (κ1) is 11.9. The largest absolute Gasteiger partial charge is 0.384 e. The lowest BCUT2D eigenvalue weighted by atomic mass is 10.1. The first-order valence-electron chi connectivity index (χ1n) is 5.02. The van der Waals surface area contributed by atoms with Gasteiger partial charge in [-0.1, -0.05) is 6.42 Å². The van der Waals surface area contributed by atoms with Crippen LogP contribution in [0.15, 0.2) is 0 Å². The molecule has 2 N–H and O–H groups in total. The number of nitrogens with two attached hydrogens (primary N) is 1. The van der Waals surface area contributed by atoms with Gasteiger partial charge in [-0.2, -0.15) is 0 Å². The molecular formula is C9H19NO3S. The van der Waals surface area contributed by atoms with E-state index in [2.05, 4.69) is 0 Å². The predicted octanol–water partition coefficient (Wildman–Crippen LogP) is 0.175. The van der Waals surface area contributed by atoms with E-state index in [4.69, 9.17) is 10.5 Å². The Bertz CT molecular complexity index is 263. The van der Waals surface area contributed by atoms with Crippen LogP contribution < -0.4 is 5.73 Å². The van der Waals surface area contributed by atoms with Crippen LogP contribution in [0.4, 0.5) is 0 Å². The standard InChI is InChI=1S/C9H19NO3S/c1-13-5-6-14(11,12)9-4-2-3-8(9)7-10/h8-9H,2-7,10H2,1H3. The SMILES string of the molecule is COCCS(=O)(=O)C1CCCC1CN. The molecule has 0 aromatic carbocycles. The lowest BCUT2D eigenvalue weighted by Gasteiger charge is -2.17. The van der Waals surface area contributed by atoms with Gasteiger partial charge in [0.2, 0.25) is 0 Å². The maximum Gasteiger partial charge on any atom is 0.155 e. The Labute approximate surface area is 85.7 Å². The van der Waals surface area contributed by atoms with Gasteiger partial charge in [-0.05, 0) is 25.3 Å². The Morgan fingerprint density at radius 2 is 2.14 bits per heavy atom. The highest BCUT2D eigenvalue weighted by Crippen LogP contribution is 2.30. The van der Waals surface area contributed by atoms with Crippen molar-refractivity contribution in [1.82, 2.24) is 0 Å². The lowest BCUT2D eigenvalue weighted by Crippen LogP contribution is -2.33. The molecule has 2 atom stereocenters. The molecule has 1 aliphatic rings. The molecule has 1 fully saturated rings. The Morgan fingerprint density at radius 3 is 2.71 bits per heavy atom. The molecule has 84 valence electrons. The molecule has 1 saturated carbocycles. The van der Waals surface area contributed by atoms with Crippen molar-refractivity contribution in [1.29, 1.82) is 0 Å². The zero-order valence-electron chi connectivity index (χ0n) is 8.61. The number of sulfone groups is 1. The molecule has 0 aromatic rings. The van der Waals surface area contributed by atoms with Crippen molar-refractivity contribution in [2.75, 3.05) is 26.0 Å². The summed E-state index contributed by atoms with van der Waals surface area (Å²) >= 11 is 0. The molecule has 2 unspecified atom stereocenters. The molecule has 0 saturated heterocycles. The molecule has 1 rings (SSSR count). The maximum absolute atomic E-state index is 11.8. The number of hydrogen-bond acceptors (Lipinski definition) is 4. The van der Waals surface area contributed by atoms with Gasteiger partial charge < -0.3 is 10.5 Å². The minimum atomic E-state index is -2.99. The van der Waals surface area contributed by atoms with E-state index >= 15 is 0 Å². The summed E-state index contributed by atoms with van der Waals surface area (Å²) in [5.41, 5.74) is 5.55. The van der Waals surface area contributed by atoms with Crippen LogP contribution in [0.25, 0.3) is 0 Å². The van der Waals surface area contributed by atoms with Gasteiger partial charge in [-0.15, -0.1) is 0 Å². The lowest BCUT2D eigenvalue weighted by molar-refractivity contribution is 0.216. The zero-order chi connectivity index (χ0) is 10.6. The highest BCUT2D eigenvalue weighted by molar-refractivity contribution is 7.92. The second-order valence-corrected chi connectivity index (χ2v) is 6.16. The van der Waals surface area contributed by atoms with Gasteiger partial charge in [0.25, 0.3) is 0 Å². The summed E-state index contributed by atoms with van der Waals surface area (Å²) in [5, 5.41) is -0.220. The second kappa shape index (κ2) is 5.09. The summed E-state index contributed by atoms with van der Waals surface area (Å²) in [6.07, 6.45) is 2.71. The fourth-order valence-corrected chi connectivity index (χ4v) is 4.16. The third kappa shape index (κ3) is 2.68. The van der Waals surface area contributed by atoms with Gasteiger partial charge in [0.1, 0.15) is 0 Å². The van der Waals surface area contributed by atoms with Gasteiger partial charge in [0.05, 0.1) is 17.6 Å². The van der Waals surface area contributed by atoms with Crippen molar-refractivity contribution in [2.24, 2.45) is 11.7 Å². The summed E-state index contributed by atoms with van der Waals surface area (Å²) in [5.74, 6) is 0.293. The minimum Gasteiger partial charge on any atom is -0.384 e. The van der Waals surface area contributed by atoms with Crippen molar-refractivity contribution in [3.63, 3.8) is 0 Å². The van der Waals surface area contributed by atoms with Crippen LogP contribution in [0.5, 0.6) is 0 Å². The van der Waals surface area contributed by atoms with Gasteiger partial charge in [0, 0.05) is 7.11 Å².